The number of hydrogen-bond donors (Lipinski definition) is 3. The lowest BCUT2D eigenvalue weighted by molar-refractivity contribution is -0.121. The van der Waals surface area contributed by atoms with E-state index in [9.17, 15) is 4.79 Å². The Hall–Kier alpha value is -2.08. The molecule has 4 N–H and O–H groups in total. The monoisotopic (exact) mass is 293 g/mol. The number of nitrogens with one attached hydrogen (secondary N) is 1. The molecule has 0 aromatic heterocycles. The van der Waals surface area contributed by atoms with Crippen LogP contribution in [0.15, 0.2) is 29.4 Å². The van der Waals surface area contributed by atoms with Gasteiger partial charge < -0.3 is 21.0 Å². The van der Waals surface area contributed by atoms with Gasteiger partial charge in [-0.25, -0.2) is 0 Å². The number of hydrogen-bond acceptors (Lipinski definition) is 4. The van der Waals surface area contributed by atoms with E-state index in [0.717, 1.165) is 18.4 Å². The first kappa shape index (κ1) is 17.0. The maximum absolute atomic E-state index is 12.0. The van der Waals surface area contributed by atoms with Gasteiger partial charge in [-0.2, -0.15) is 0 Å². The summed E-state index contributed by atoms with van der Waals surface area (Å²) in [5.41, 5.74) is 6.97. The molecule has 116 valence electrons. The molecule has 0 bridgehead atoms. The third-order valence-electron chi connectivity index (χ3n) is 3.09. The van der Waals surface area contributed by atoms with Gasteiger partial charge in [0.2, 0.25) is 5.91 Å². The summed E-state index contributed by atoms with van der Waals surface area (Å²) in [6.45, 7) is 2.59. The summed E-state index contributed by atoms with van der Waals surface area (Å²) in [5, 5.41) is 14.5. The van der Waals surface area contributed by atoms with E-state index in [4.69, 9.17) is 15.7 Å². The highest BCUT2D eigenvalue weighted by atomic mass is 16.5. The molecule has 1 amide bonds. The topological polar surface area (TPSA) is 96.9 Å². The van der Waals surface area contributed by atoms with Crippen LogP contribution in [0.25, 0.3) is 0 Å². The van der Waals surface area contributed by atoms with Crippen LogP contribution in [0.2, 0.25) is 0 Å². The smallest absolute Gasteiger partial charge is 0.224 e. The molecule has 0 radical (unpaired) electrons. The molecule has 0 fully saturated rings. The Balaban J connectivity index is 2.57. The van der Waals surface area contributed by atoms with Crippen LogP contribution in [-0.4, -0.2) is 36.7 Å². The van der Waals surface area contributed by atoms with Crippen LogP contribution in [0.4, 0.5) is 0 Å². The van der Waals surface area contributed by atoms with E-state index in [1.54, 1.807) is 31.4 Å². The Labute approximate surface area is 125 Å². The van der Waals surface area contributed by atoms with Crippen molar-refractivity contribution in [3.05, 3.63) is 35.4 Å². The van der Waals surface area contributed by atoms with Gasteiger partial charge in [0.1, 0.15) is 0 Å². The van der Waals surface area contributed by atoms with E-state index in [0.29, 0.717) is 18.6 Å². The molecule has 6 heteroatoms. The van der Waals surface area contributed by atoms with E-state index in [1.807, 2.05) is 0 Å². The normalized spacial score (nSPS) is 13.0. The molecule has 0 heterocycles. The first-order valence-corrected chi connectivity index (χ1v) is 6.95. The van der Waals surface area contributed by atoms with E-state index in [-0.39, 0.29) is 17.8 Å². The minimum absolute atomic E-state index is 0.0398. The van der Waals surface area contributed by atoms with Crippen molar-refractivity contribution in [2.24, 2.45) is 10.9 Å². The molecule has 1 unspecified atom stereocenters. The molecule has 1 rings (SSSR count). The number of oxime groups is 1. The molecule has 1 aromatic rings. The third kappa shape index (κ3) is 5.83. The fourth-order valence-corrected chi connectivity index (χ4v) is 2.06. The first-order valence-electron chi connectivity index (χ1n) is 6.95. The van der Waals surface area contributed by atoms with Crippen molar-refractivity contribution in [3.8, 4) is 0 Å². The van der Waals surface area contributed by atoms with Crippen molar-refractivity contribution in [2.45, 2.75) is 32.2 Å². The number of benzene rings is 1. The highest BCUT2D eigenvalue weighted by Crippen LogP contribution is 2.06. The molecule has 0 saturated carbocycles. The Morgan fingerprint density at radius 2 is 2.10 bits per heavy atom. The van der Waals surface area contributed by atoms with Crippen LogP contribution >= 0.6 is 0 Å². The zero-order chi connectivity index (χ0) is 15.7. The fraction of sp³-hybridized carbons (Fsp3) is 0.467. The minimum Gasteiger partial charge on any atom is -0.409 e. The molecule has 6 nitrogen and oxygen atoms in total. The molecule has 0 spiro atoms. The third-order valence-corrected chi connectivity index (χ3v) is 3.09. The van der Waals surface area contributed by atoms with Crippen molar-refractivity contribution >= 4 is 11.7 Å². The maximum Gasteiger partial charge on any atom is 0.224 e. The highest BCUT2D eigenvalue weighted by molar-refractivity contribution is 5.97. The summed E-state index contributed by atoms with van der Waals surface area (Å²) in [4.78, 5) is 12.0. The van der Waals surface area contributed by atoms with Gasteiger partial charge in [0.05, 0.1) is 19.1 Å². The number of nitrogens with zero attached hydrogens (tertiary/aromatic N) is 1. The summed E-state index contributed by atoms with van der Waals surface area (Å²) < 4.78 is 5.10. The molecule has 1 aromatic carbocycles. The Morgan fingerprint density at radius 3 is 2.62 bits per heavy atom. The van der Waals surface area contributed by atoms with Crippen LogP contribution in [0.1, 0.15) is 30.9 Å². The fourth-order valence-electron chi connectivity index (χ4n) is 2.06. The van der Waals surface area contributed by atoms with Gasteiger partial charge in [0, 0.05) is 12.7 Å². The zero-order valence-electron chi connectivity index (χ0n) is 12.5. The van der Waals surface area contributed by atoms with E-state index in [2.05, 4.69) is 17.4 Å². The van der Waals surface area contributed by atoms with Crippen molar-refractivity contribution < 1.29 is 14.7 Å². The molecule has 0 aliphatic carbocycles. The Kier molecular flexibility index (Phi) is 7.25. The van der Waals surface area contributed by atoms with Crippen molar-refractivity contribution in [1.82, 2.24) is 5.32 Å². The predicted molar refractivity (Wildman–Crippen MR) is 81.4 cm³/mol. The maximum atomic E-state index is 12.0. The number of rotatable bonds is 8. The standard InChI is InChI=1S/C15H23N3O3/c1-3-4-13(10-21-2)17-14(19)9-11-5-7-12(8-6-11)15(16)18-20/h5-8,13,20H,3-4,9-10H2,1-2H3,(H2,16,18)(H,17,19). The Bertz CT molecular complexity index is 466. The predicted octanol–water partition coefficient (Wildman–Crippen LogP) is 1.25. The van der Waals surface area contributed by atoms with Crippen LogP contribution in [0.3, 0.4) is 0 Å². The molecule has 1 atom stereocenters. The Morgan fingerprint density at radius 1 is 1.43 bits per heavy atom. The molecular weight excluding hydrogens is 270 g/mol. The number of carbonyl (C=O) groups excluding carboxylic acids is 1. The lowest BCUT2D eigenvalue weighted by atomic mass is 10.1. The van der Waals surface area contributed by atoms with Crippen LogP contribution in [0, 0.1) is 0 Å². The van der Waals surface area contributed by atoms with Crippen molar-refractivity contribution in [3.63, 3.8) is 0 Å². The lowest BCUT2D eigenvalue weighted by Crippen LogP contribution is -2.38. The van der Waals surface area contributed by atoms with Gasteiger partial charge in [-0.3, -0.25) is 4.79 Å². The first-order chi connectivity index (χ1) is 10.1. The van der Waals surface area contributed by atoms with Gasteiger partial charge >= 0.3 is 0 Å². The lowest BCUT2D eigenvalue weighted by Gasteiger charge is -2.17. The van der Waals surface area contributed by atoms with Crippen LogP contribution in [0.5, 0.6) is 0 Å². The highest BCUT2D eigenvalue weighted by Gasteiger charge is 2.11. The quantitative estimate of drug-likeness (QED) is 0.291. The number of nitrogens with two attached hydrogens (primary N) is 1. The van der Waals surface area contributed by atoms with Crippen LogP contribution < -0.4 is 11.1 Å². The van der Waals surface area contributed by atoms with Gasteiger partial charge in [0.25, 0.3) is 0 Å². The van der Waals surface area contributed by atoms with Crippen molar-refractivity contribution in [1.29, 1.82) is 0 Å². The summed E-state index contributed by atoms with van der Waals surface area (Å²) in [6.07, 6.45) is 2.17. The second kappa shape index (κ2) is 8.97. The SMILES string of the molecule is CCCC(COC)NC(=O)Cc1ccc(C(N)=NO)cc1. The molecular formula is C15H23N3O3. The summed E-state index contributed by atoms with van der Waals surface area (Å²) in [5.74, 6) is 0.0103. The number of amidine groups is 1. The summed E-state index contributed by atoms with van der Waals surface area (Å²) in [7, 11) is 1.63. The molecule has 0 aliphatic heterocycles. The van der Waals surface area contributed by atoms with Gasteiger partial charge in [-0.1, -0.05) is 42.8 Å². The number of carbonyl (C=O) groups is 1. The summed E-state index contributed by atoms with van der Waals surface area (Å²) in [6, 6.07) is 7.06. The van der Waals surface area contributed by atoms with Crippen LogP contribution in [-0.2, 0) is 16.0 Å². The average Bonchev–Trinajstić information content (AvgIpc) is 2.47. The second-order valence-electron chi connectivity index (χ2n) is 4.87. The number of amides is 1. The molecule has 21 heavy (non-hydrogen) atoms. The van der Waals surface area contributed by atoms with Crippen molar-refractivity contribution in [2.75, 3.05) is 13.7 Å². The van der Waals surface area contributed by atoms with E-state index < -0.39 is 0 Å². The van der Waals surface area contributed by atoms with Gasteiger partial charge in [-0.15, -0.1) is 0 Å². The van der Waals surface area contributed by atoms with Gasteiger partial charge in [0.15, 0.2) is 5.84 Å². The van der Waals surface area contributed by atoms with Gasteiger partial charge in [-0.05, 0) is 12.0 Å². The van der Waals surface area contributed by atoms with E-state index >= 15 is 0 Å². The van der Waals surface area contributed by atoms with E-state index in [1.165, 1.54) is 0 Å². The number of methoxy groups -OCH3 is 1. The zero-order valence-corrected chi connectivity index (χ0v) is 12.5. The number of ether oxygens (including phenoxy) is 1. The largest absolute Gasteiger partial charge is 0.409 e. The minimum atomic E-state index is -0.0398. The molecule has 0 saturated heterocycles. The molecule has 0 aliphatic rings. The average molecular weight is 293 g/mol. The second-order valence-corrected chi connectivity index (χ2v) is 4.87. The summed E-state index contributed by atoms with van der Waals surface area (Å²) >= 11 is 0.